The van der Waals surface area contributed by atoms with Crippen LogP contribution in [0, 0.1) is 0 Å². The van der Waals surface area contributed by atoms with Crippen molar-refractivity contribution in [1.82, 2.24) is 9.80 Å². The van der Waals surface area contributed by atoms with Gasteiger partial charge in [-0.05, 0) is 0 Å². The third-order valence-corrected chi connectivity index (χ3v) is 3.02. The van der Waals surface area contributed by atoms with Gasteiger partial charge in [-0.3, -0.25) is 14.5 Å². The van der Waals surface area contributed by atoms with Gasteiger partial charge in [0.25, 0.3) is 5.91 Å². The van der Waals surface area contributed by atoms with Crippen LogP contribution < -0.4 is 5.73 Å². The number of amides is 2. The Morgan fingerprint density at radius 3 is 1.38 bits per heavy atom. The van der Waals surface area contributed by atoms with Crippen LogP contribution in [0.25, 0.3) is 0 Å². The zero-order chi connectivity index (χ0) is 20.5. The highest BCUT2D eigenvalue weighted by atomic mass is 16.3. The maximum Gasteiger partial charge on any atom is 0.255 e. The lowest BCUT2D eigenvalue weighted by molar-refractivity contribution is -0.151. The van der Waals surface area contributed by atoms with E-state index in [9.17, 15) is 14.7 Å². The Bertz CT molecular complexity index is 457. The zero-order valence-electron chi connectivity index (χ0n) is 15.3. The average molecular weight is 365 g/mol. The van der Waals surface area contributed by atoms with Crippen LogP contribution in [0.5, 0.6) is 0 Å². The number of primary amides is 1. The highest BCUT2D eigenvalue weighted by Gasteiger charge is 2.31. The summed E-state index contributed by atoms with van der Waals surface area (Å²) in [4.78, 5) is 25.5. The maximum absolute atomic E-state index is 11.6. The molecule has 0 aliphatic heterocycles. The SMILES string of the molecule is C=CCN(CC=C)C(=O)C(O)C(O)C(N)=O.C=CCN(CC=C)CC=C. The minimum Gasteiger partial charge on any atom is -0.380 e. The Kier molecular flexibility index (Phi) is 15.9. The fourth-order valence-electron chi connectivity index (χ4n) is 1.82. The fourth-order valence-corrected chi connectivity index (χ4v) is 1.82. The lowest BCUT2D eigenvalue weighted by Crippen LogP contribution is -2.49. The second kappa shape index (κ2) is 16.0. The van der Waals surface area contributed by atoms with E-state index in [1.54, 1.807) is 0 Å². The minimum atomic E-state index is -1.91. The molecule has 2 amide bonds. The predicted molar refractivity (Wildman–Crippen MR) is 105 cm³/mol. The van der Waals surface area contributed by atoms with Crippen molar-refractivity contribution in [2.24, 2.45) is 5.73 Å². The molecule has 0 fully saturated rings. The molecule has 0 radical (unpaired) electrons. The van der Waals surface area contributed by atoms with Crippen LogP contribution in [0.1, 0.15) is 0 Å². The molecule has 0 saturated carbocycles. The number of aliphatic hydroxyl groups excluding tert-OH is 2. The van der Waals surface area contributed by atoms with E-state index in [1.165, 1.54) is 17.1 Å². The Hall–Kier alpha value is -2.48. The van der Waals surface area contributed by atoms with Crippen molar-refractivity contribution in [1.29, 1.82) is 0 Å². The van der Waals surface area contributed by atoms with Crippen LogP contribution in [0.4, 0.5) is 0 Å². The summed E-state index contributed by atoms with van der Waals surface area (Å²) in [7, 11) is 0. The molecule has 4 N–H and O–H groups in total. The van der Waals surface area contributed by atoms with Gasteiger partial charge < -0.3 is 20.8 Å². The normalized spacial score (nSPS) is 12.0. The Labute approximate surface area is 156 Å². The van der Waals surface area contributed by atoms with E-state index in [1.807, 2.05) is 18.2 Å². The van der Waals surface area contributed by atoms with Gasteiger partial charge in [0, 0.05) is 32.7 Å². The summed E-state index contributed by atoms with van der Waals surface area (Å²) in [6.07, 6.45) is 4.77. The first-order valence-electron chi connectivity index (χ1n) is 8.01. The number of nitrogens with two attached hydrogens (primary N) is 1. The van der Waals surface area contributed by atoms with Gasteiger partial charge in [-0.25, -0.2) is 0 Å². The van der Waals surface area contributed by atoms with Crippen LogP contribution in [0.3, 0.4) is 0 Å². The van der Waals surface area contributed by atoms with Gasteiger partial charge in [0.05, 0.1) is 0 Å². The van der Waals surface area contributed by atoms with Crippen LogP contribution in [0.15, 0.2) is 63.3 Å². The fraction of sp³-hybridized carbons (Fsp3) is 0.368. The van der Waals surface area contributed by atoms with Gasteiger partial charge in [0.2, 0.25) is 5.91 Å². The molecule has 2 atom stereocenters. The molecule has 0 rings (SSSR count). The molecule has 0 saturated heterocycles. The molecule has 26 heavy (non-hydrogen) atoms. The summed E-state index contributed by atoms with van der Waals surface area (Å²) in [5.41, 5.74) is 4.76. The summed E-state index contributed by atoms with van der Waals surface area (Å²) >= 11 is 0. The molecule has 0 aromatic heterocycles. The van der Waals surface area contributed by atoms with Gasteiger partial charge in [0.15, 0.2) is 12.2 Å². The molecular weight excluding hydrogens is 334 g/mol. The summed E-state index contributed by atoms with van der Waals surface area (Å²) in [6, 6.07) is 0. The molecule has 146 valence electrons. The second-order valence-electron chi connectivity index (χ2n) is 5.20. The van der Waals surface area contributed by atoms with Crippen molar-refractivity contribution >= 4 is 11.8 Å². The van der Waals surface area contributed by atoms with Crippen molar-refractivity contribution in [3.05, 3.63) is 63.3 Å². The summed E-state index contributed by atoms with van der Waals surface area (Å²) in [5, 5.41) is 18.5. The van der Waals surface area contributed by atoms with Crippen LogP contribution in [0.2, 0.25) is 0 Å². The largest absolute Gasteiger partial charge is 0.380 e. The van der Waals surface area contributed by atoms with Gasteiger partial charge >= 0.3 is 0 Å². The number of hydrogen-bond donors (Lipinski definition) is 3. The number of nitrogens with zero attached hydrogens (tertiary/aromatic N) is 2. The van der Waals surface area contributed by atoms with Crippen molar-refractivity contribution in [3.63, 3.8) is 0 Å². The molecule has 7 heteroatoms. The molecule has 0 spiro atoms. The number of hydrogen-bond acceptors (Lipinski definition) is 5. The molecule has 0 heterocycles. The van der Waals surface area contributed by atoms with Crippen LogP contribution in [-0.4, -0.2) is 76.8 Å². The first-order chi connectivity index (χ1) is 12.3. The lowest BCUT2D eigenvalue weighted by atomic mass is 10.1. The molecule has 0 bridgehead atoms. The maximum atomic E-state index is 11.6. The third-order valence-electron chi connectivity index (χ3n) is 3.02. The molecule has 0 aromatic carbocycles. The molecule has 0 aliphatic carbocycles. The van der Waals surface area contributed by atoms with Gasteiger partial charge in [-0.15, -0.1) is 32.9 Å². The lowest BCUT2D eigenvalue weighted by Gasteiger charge is -2.23. The number of carbonyl (C=O) groups excluding carboxylic acids is 2. The predicted octanol–water partition coefficient (Wildman–Crippen LogP) is 0.241. The summed E-state index contributed by atoms with van der Waals surface area (Å²) in [5.74, 6) is -1.95. The van der Waals surface area contributed by atoms with Crippen molar-refractivity contribution in [3.8, 4) is 0 Å². The van der Waals surface area contributed by atoms with E-state index < -0.39 is 24.0 Å². The third kappa shape index (κ3) is 11.1. The topological polar surface area (TPSA) is 107 Å². The smallest absolute Gasteiger partial charge is 0.255 e. The van der Waals surface area contributed by atoms with Crippen molar-refractivity contribution in [2.75, 3.05) is 32.7 Å². The number of rotatable bonds is 13. The Morgan fingerprint density at radius 2 is 1.12 bits per heavy atom. The van der Waals surface area contributed by atoms with Crippen LogP contribution >= 0.6 is 0 Å². The molecule has 7 nitrogen and oxygen atoms in total. The first kappa shape index (κ1) is 25.8. The molecule has 0 aromatic rings. The van der Waals surface area contributed by atoms with Crippen molar-refractivity contribution in [2.45, 2.75) is 12.2 Å². The minimum absolute atomic E-state index is 0.174. The molecule has 0 aliphatic rings. The van der Waals surface area contributed by atoms with E-state index in [0.29, 0.717) is 0 Å². The van der Waals surface area contributed by atoms with E-state index in [-0.39, 0.29) is 13.1 Å². The highest BCUT2D eigenvalue weighted by Crippen LogP contribution is 2.01. The van der Waals surface area contributed by atoms with Crippen LogP contribution in [-0.2, 0) is 9.59 Å². The molecule has 2 unspecified atom stereocenters. The van der Waals surface area contributed by atoms with E-state index in [4.69, 9.17) is 10.8 Å². The quantitative estimate of drug-likeness (QED) is 0.405. The summed E-state index contributed by atoms with van der Waals surface area (Å²) in [6.45, 7) is 20.9. The van der Waals surface area contributed by atoms with Gasteiger partial charge in [-0.1, -0.05) is 30.4 Å². The standard InChI is InChI=1S/C10H16N2O4.C9H15N/c1-3-5-12(6-4-2)10(16)8(14)7(13)9(11)15;1-4-7-10(8-5-2)9-6-3/h3-4,7-8,13-14H,1-2,5-6H2,(H2,11,15);4-6H,1-3,7-9H2. The summed E-state index contributed by atoms with van der Waals surface area (Å²) < 4.78 is 0. The Morgan fingerprint density at radius 1 is 0.769 bits per heavy atom. The number of aliphatic hydroxyl groups is 2. The van der Waals surface area contributed by atoms with E-state index in [2.05, 4.69) is 37.8 Å². The Balaban J connectivity index is 0. The molecular formula is C19H31N3O4. The zero-order valence-corrected chi connectivity index (χ0v) is 15.3. The van der Waals surface area contributed by atoms with Gasteiger partial charge in [0.1, 0.15) is 0 Å². The van der Waals surface area contributed by atoms with Gasteiger partial charge in [-0.2, -0.15) is 0 Å². The number of carbonyl (C=O) groups is 2. The van der Waals surface area contributed by atoms with Crippen molar-refractivity contribution < 1.29 is 19.8 Å². The van der Waals surface area contributed by atoms with E-state index in [0.717, 1.165) is 19.6 Å². The average Bonchev–Trinajstić information content (AvgIpc) is 2.61. The van der Waals surface area contributed by atoms with E-state index >= 15 is 0 Å². The second-order valence-corrected chi connectivity index (χ2v) is 5.20. The highest BCUT2D eigenvalue weighted by molar-refractivity contribution is 5.90. The first-order valence-corrected chi connectivity index (χ1v) is 8.01. The monoisotopic (exact) mass is 365 g/mol.